The average molecular weight is 747 g/mol. The molecule has 6 rings (SSSR count). The van der Waals surface area contributed by atoms with Crippen molar-refractivity contribution < 1.29 is 51.4 Å². The van der Waals surface area contributed by atoms with Gasteiger partial charge in [-0.25, -0.2) is 0 Å². The van der Waals surface area contributed by atoms with Crippen LogP contribution >= 0.6 is 12.4 Å². The van der Waals surface area contributed by atoms with E-state index in [4.69, 9.17) is 46.3 Å². The quantitative estimate of drug-likeness (QED) is 0.194. The number of aliphatic hydroxyl groups excluding tert-OH is 2. The molecule has 0 saturated carbocycles. The Bertz CT molecular complexity index is 1310. The van der Waals surface area contributed by atoms with Crippen molar-refractivity contribution in [2.75, 3.05) is 40.9 Å². The number of hydrogen-bond acceptors (Lipinski definition) is 11. The fourth-order valence-electron chi connectivity index (χ4n) is 6.98. The number of nitrogens with zero attached hydrogens (tertiary/aromatic N) is 2. The maximum absolute atomic E-state index is 9.88. The van der Waals surface area contributed by atoms with Gasteiger partial charge in [-0.3, -0.25) is 9.11 Å². The summed E-state index contributed by atoms with van der Waals surface area (Å²) in [6, 6.07) is 22.7. The van der Waals surface area contributed by atoms with Crippen LogP contribution in [0.5, 0.6) is 0 Å². The summed E-state index contributed by atoms with van der Waals surface area (Å²) in [7, 11) is 1.62. The van der Waals surface area contributed by atoms with E-state index in [2.05, 4.69) is 77.5 Å². The van der Waals surface area contributed by atoms with E-state index in [1.165, 1.54) is 36.8 Å². The Kier molecular flexibility index (Phi) is 16.5. The van der Waals surface area contributed by atoms with Crippen molar-refractivity contribution in [1.29, 1.82) is 0 Å². The fourth-order valence-corrected chi connectivity index (χ4v) is 6.98. The van der Waals surface area contributed by atoms with Gasteiger partial charge in [-0.15, -0.1) is 12.4 Å². The van der Waals surface area contributed by atoms with Gasteiger partial charge in [0, 0.05) is 18.7 Å². The molecule has 4 aliphatic heterocycles. The highest BCUT2D eigenvalue weighted by Gasteiger charge is 2.57. The van der Waals surface area contributed by atoms with E-state index in [-0.39, 0.29) is 31.2 Å². The topological polar surface area (TPSA) is 168 Å². The van der Waals surface area contributed by atoms with Gasteiger partial charge >= 0.3 is 10.4 Å². The van der Waals surface area contributed by atoms with Crippen molar-refractivity contribution >= 4 is 22.8 Å². The lowest BCUT2D eigenvalue weighted by atomic mass is 9.97. The van der Waals surface area contributed by atoms with Crippen LogP contribution in [0.1, 0.15) is 63.2 Å². The van der Waals surface area contributed by atoms with Crippen molar-refractivity contribution in [1.82, 2.24) is 9.80 Å². The predicted octanol–water partition coefficient (Wildman–Crippen LogP) is 3.74. The van der Waals surface area contributed by atoms with Gasteiger partial charge in [-0.2, -0.15) is 8.42 Å². The van der Waals surface area contributed by atoms with Crippen LogP contribution in [0.15, 0.2) is 60.7 Å². The molecule has 0 amide bonds. The number of aliphatic hydroxyl groups is 2. The number of piperidine rings is 1. The van der Waals surface area contributed by atoms with Crippen LogP contribution in [-0.2, 0) is 34.1 Å². The van der Waals surface area contributed by atoms with Crippen LogP contribution in [0.4, 0.5) is 0 Å². The molecule has 13 nitrogen and oxygen atoms in total. The molecule has 50 heavy (non-hydrogen) atoms. The molecule has 2 bridgehead atoms. The summed E-state index contributed by atoms with van der Waals surface area (Å²) < 4.78 is 61.2. The maximum atomic E-state index is 9.88. The molecule has 4 saturated heterocycles. The van der Waals surface area contributed by atoms with Gasteiger partial charge in [0.15, 0.2) is 12.1 Å². The largest absolute Gasteiger partial charge is 0.394 e. The molecule has 2 aromatic rings. The number of ether oxygens (including phenoxy) is 5. The highest BCUT2D eigenvalue weighted by Crippen LogP contribution is 2.40. The Morgan fingerprint density at radius 1 is 0.960 bits per heavy atom. The number of halogens is 1. The molecule has 0 aromatic heterocycles. The third-order valence-corrected chi connectivity index (χ3v) is 9.24. The van der Waals surface area contributed by atoms with Crippen molar-refractivity contribution in [2.45, 2.75) is 107 Å². The van der Waals surface area contributed by atoms with E-state index in [0.717, 1.165) is 13.0 Å². The monoisotopic (exact) mass is 746 g/mol. The molecule has 15 heteroatoms. The molecule has 4 aliphatic rings. The average Bonchev–Trinajstić information content (AvgIpc) is 3.59. The minimum absolute atomic E-state index is 0. The summed E-state index contributed by atoms with van der Waals surface area (Å²) in [6.45, 7) is 4.70. The van der Waals surface area contributed by atoms with Crippen molar-refractivity contribution in [2.24, 2.45) is 0 Å². The first-order chi connectivity index (χ1) is 23.1. The molecule has 2 aromatic carbocycles. The van der Waals surface area contributed by atoms with Gasteiger partial charge in [0.25, 0.3) is 0 Å². The predicted molar refractivity (Wildman–Crippen MR) is 190 cm³/mol. The second-order valence-corrected chi connectivity index (χ2v) is 14.6. The summed E-state index contributed by atoms with van der Waals surface area (Å²) in [6.07, 6.45) is 3.26. The normalized spacial score (nSPS) is 29.0. The minimum Gasteiger partial charge on any atom is -0.394 e. The van der Waals surface area contributed by atoms with Crippen LogP contribution in [0.25, 0.3) is 0 Å². The minimum atomic E-state index is -4.67. The smallest absolute Gasteiger partial charge is 0.394 e. The molecular formula is C35H55ClN2O11S. The zero-order valence-corrected chi connectivity index (χ0v) is 31.1. The number of benzene rings is 2. The zero-order valence-electron chi connectivity index (χ0n) is 29.5. The van der Waals surface area contributed by atoms with Crippen LogP contribution in [0.3, 0.4) is 0 Å². The van der Waals surface area contributed by atoms with Crippen LogP contribution in [-0.4, -0.2) is 133 Å². The van der Waals surface area contributed by atoms with Gasteiger partial charge in [0.2, 0.25) is 0 Å². The van der Waals surface area contributed by atoms with E-state index in [1.54, 1.807) is 0 Å². The molecule has 7 atom stereocenters. The first kappa shape index (κ1) is 42.7. The van der Waals surface area contributed by atoms with Crippen LogP contribution in [0.2, 0.25) is 0 Å². The standard InChI is InChI=1S/C21H25NO.C14H27NO6.ClH.H2O4S/c1-22-18-12-13-19(22)15-20(14-18)23-21(16-8-4-2-5-9-16)17-10-6-3-7-11-17;1-14(2)20-12-11(18-7-5-6-15(3)4)10(9(17)8-16)19-13(12)21-14;;1-5(2,3)4/h2-11,18-21H,12-15H2,1H3;9-13,16-17H,5-8H2,1-4H3;1H;(H2,1,2,3,4). The number of rotatable bonds is 11. The third-order valence-electron chi connectivity index (χ3n) is 9.24. The van der Waals surface area contributed by atoms with Gasteiger partial charge < -0.3 is 43.7 Å². The highest BCUT2D eigenvalue weighted by atomic mass is 35.5. The Hall–Kier alpha value is -1.76. The van der Waals surface area contributed by atoms with Crippen LogP contribution < -0.4 is 0 Å². The van der Waals surface area contributed by atoms with Crippen LogP contribution in [0, 0.1) is 0 Å². The van der Waals surface area contributed by atoms with Crippen molar-refractivity contribution in [3.8, 4) is 0 Å². The fraction of sp³-hybridized carbons (Fsp3) is 0.657. The molecule has 0 aliphatic carbocycles. The van der Waals surface area contributed by atoms with E-state index in [1.807, 2.05) is 27.9 Å². The van der Waals surface area contributed by atoms with E-state index < -0.39 is 40.8 Å². The Labute approximate surface area is 302 Å². The first-order valence-corrected chi connectivity index (χ1v) is 18.3. The van der Waals surface area contributed by atoms with E-state index in [9.17, 15) is 5.11 Å². The van der Waals surface area contributed by atoms with Crippen molar-refractivity contribution in [3.05, 3.63) is 71.8 Å². The Balaban J connectivity index is 0.000000235. The number of hydrogen-bond donors (Lipinski definition) is 4. The summed E-state index contributed by atoms with van der Waals surface area (Å²) in [5, 5.41) is 19.0. The molecular weight excluding hydrogens is 692 g/mol. The summed E-state index contributed by atoms with van der Waals surface area (Å²) in [5.41, 5.74) is 2.51. The highest BCUT2D eigenvalue weighted by molar-refractivity contribution is 7.79. The second-order valence-electron chi connectivity index (χ2n) is 13.7. The summed E-state index contributed by atoms with van der Waals surface area (Å²) in [5.74, 6) is -0.726. The lowest BCUT2D eigenvalue weighted by Gasteiger charge is -2.38. The van der Waals surface area contributed by atoms with E-state index in [0.29, 0.717) is 24.8 Å². The van der Waals surface area contributed by atoms with Gasteiger partial charge in [0.05, 0.1) is 12.7 Å². The summed E-state index contributed by atoms with van der Waals surface area (Å²) >= 11 is 0. The lowest BCUT2D eigenvalue weighted by molar-refractivity contribution is -0.231. The molecule has 284 valence electrons. The molecule has 4 N–H and O–H groups in total. The Morgan fingerprint density at radius 2 is 1.48 bits per heavy atom. The zero-order chi connectivity index (χ0) is 35.8. The third kappa shape index (κ3) is 12.7. The van der Waals surface area contributed by atoms with Gasteiger partial charge in [-0.1, -0.05) is 60.7 Å². The van der Waals surface area contributed by atoms with Gasteiger partial charge in [-0.05, 0) is 84.8 Å². The molecule has 4 heterocycles. The summed E-state index contributed by atoms with van der Waals surface area (Å²) in [4.78, 5) is 4.65. The Morgan fingerprint density at radius 3 is 1.96 bits per heavy atom. The lowest BCUT2D eigenvalue weighted by Crippen LogP contribution is -2.44. The second kappa shape index (κ2) is 19.4. The molecule has 4 fully saturated rings. The SMILES string of the molecule is CN(C)CCCOC1C(C(O)CO)OC2OC(C)(C)OC21.CN1C2CCC1CC(OC(c1ccccc1)c1ccccc1)C2.Cl.O=S(=O)(O)O. The molecule has 0 radical (unpaired) electrons. The maximum Gasteiger partial charge on any atom is 0.394 e. The van der Waals surface area contributed by atoms with E-state index >= 15 is 0 Å². The number of fused-ring (bicyclic) bond motifs is 3. The molecule has 7 unspecified atom stereocenters. The van der Waals surface area contributed by atoms with Gasteiger partial charge in [0.1, 0.15) is 30.5 Å². The molecule has 0 spiro atoms. The first-order valence-electron chi connectivity index (χ1n) is 16.9. The van der Waals surface area contributed by atoms with Crippen molar-refractivity contribution in [3.63, 3.8) is 0 Å².